The Morgan fingerprint density at radius 1 is 0.128 bits per heavy atom. The standard InChI is InChI=1S/C106H62O3/c1-3-25-64(26-4-1)99-78-36-9-14-41-83(78)104(88-44-23-43-87-74-33-15-19-46-96(74)108-105(87)88)86-54-49-67(58-93(86)99)66-48-52-84-92(57-66)102(71-51-55-98-90(60-71)75-34-16-18-45-95(75)107-98)85-53-50-68(59-91(85)100(84)65-27-5-2-6-28-65)72-61-89(106-94(62-72)76-35-17-20-47-97(76)109-106)69-30-21-31-70(56-69)101-79-37-10-12-39-81(79)103(82-40-13-11-38-80(82)101)77-42-22-29-63-24-7-8-32-73(63)77/h1-62H. The molecular formula is C106H62O3. The second kappa shape index (κ2) is 24.1. The maximum Gasteiger partial charge on any atom is 0.143 e. The van der Waals surface area contributed by atoms with Crippen LogP contribution >= 0.6 is 0 Å². The molecule has 0 saturated heterocycles. The average molecular weight is 1380 g/mol. The van der Waals surface area contributed by atoms with Crippen molar-refractivity contribution in [3.05, 3.63) is 376 Å². The van der Waals surface area contributed by atoms with E-state index in [2.05, 4.69) is 376 Å². The fraction of sp³-hybridized carbons (Fsp3) is 0. The maximum absolute atomic E-state index is 7.07. The lowest BCUT2D eigenvalue weighted by atomic mass is 9.82. The van der Waals surface area contributed by atoms with Gasteiger partial charge in [0.1, 0.15) is 33.5 Å². The van der Waals surface area contributed by atoms with E-state index in [0.29, 0.717) is 0 Å². The summed E-state index contributed by atoms with van der Waals surface area (Å²) in [4.78, 5) is 0. The summed E-state index contributed by atoms with van der Waals surface area (Å²) in [7, 11) is 0. The Bertz CT molecular complexity index is 7720. The van der Waals surface area contributed by atoms with Crippen molar-refractivity contribution in [2.45, 2.75) is 0 Å². The number of fused-ring (bicyclic) bond motifs is 16. The number of hydrogen-bond acceptors (Lipinski definition) is 3. The molecule has 0 unspecified atom stereocenters. The number of furan rings is 3. The summed E-state index contributed by atoms with van der Waals surface area (Å²) in [6.45, 7) is 0. The summed E-state index contributed by atoms with van der Waals surface area (Å²) in [6.07, 6.45) is 0. The average Bonchev–Trinajstić information content (AvgIpc) is 1.07. The van der Waals surface area contributed by atoms with Crippen molar-refractivity contribution in [1.82, 2.24) is 0 Å². The fourth-order valence-corrected chi connectivity index (χ4v) is 18.4. The quantitative estimate of drug-likeness (QED) is 0.135. The minimum absolute atomic E-state index is 0.853. The zero-order valence-electron chi connectivity index (χ0n) is 59.0. The van der Waals surface area contributed by atoms with E-state index in [1.54, 1.807) is 0 Å². The predicted octanol–water partition coefficient (Wildman–Crippen LogP) is 30.5. The molecule has 20 aromatic carbocycles. The van der Waals surface area contributed by atoms with E-state index in [9.17, 15) is 0 Å². The summed E-state index contributed by atoms with van der Waals surface area (Å²) in [5.74, 6) is 0. The number of hydrogen-bond donors (Lipinski definition) is 0. The van der Waals surface area contributed by atoms with Crippen molar-refractivity contribution in [3.8, 4) is 100 Å². The van der Waals surface area contributed by atoms with Crippen molar-refractivity contribution >= 4 is 141 Å². The van der Waals surface area contributed by atoms with Gasteiger partial charge in [-0.25, -0.2) is 0 Å². The normalized spacial score (nSPS) is 12.0. The second-order valence-corrected chi connectivity index (χ2v) is 29.1. The number of rotatable bonds is 9. The molecule has 3 heteroatoms. The lowest BCUT2D eigenvalue weighted by Crippen LogP contribution is -1.94. The van der Waals surface area contributed by atoms with Gasteiger partial charge in [0.05, 0.1) is 0 Å². The van der Waals surface area contributed by atoms with Crippen molar-refractivity contribution < 1.29 is 13.3 Å². The van der Waals surface area contributed by atoms with E-state index in [1.165, 1.54) is 76.3 Å². The third-order valence-corrected chi connectivity index (χ3v) is 23.2. The van der Waals surface area contributed by atoms with E-state index >= 15 is 0 Å². The summed E-state index contributed by atoms with van der Waals surface area (Å²) in [6, 6.07) is 138. The molecular weight excluding hydrogens is 1320 g/mol. The van der Waals surface area contributed by atoms with Crippen LogP contribution in [0.3, 0.4) is 0 Å². The van der Waals surface area contributed by atoms with Crippen LogP contribution in [0.5, 0.6) is 0 Å². The lowest BCUT2D eigenvalue weighted by molar-refractivity contribution is 0.669. The molecule has 3 heterocycles. The minimum atomic E-state index is 0.853. The van der Waals surface area contributed by atoms with Gasteiger partial charge in [0.25, 0.3) is 0 Å². The van der Waals surface area contributed by atoms with Crippen LogP contribution < -0.4 is 0 Å². The first-order valence-corrected chi connectivity index (χ1v) is 37.5. The fourth-order valence-electron chi connectivity index (χ4n) is 18.4. The molecule has 0 N–H and O–H groups in total. The van der Waals surface area contributed by atoms with Crippen molar-refractivity contribution in [3.63, 3.8) is 0 Å². The van der Waals surface area contributed by atoms with E-state index in [-0.39, 0.29) is 0 Å². The zero-order valence-corrected chi connectivity index (χ0v) is 59.0. The van der Waals surface area contributed by atoms with Gasteiger partial charge < -0.3 is 13.3 Å². The van der Waals surface area contributed by atoms with Gasteiger partial charge >= 0.3 is 0 Å². The summed E-state index contributed by atoms with van der Waals surface area (Å²) < 4.78 is 20.5. The molecule has 3 nitrogen and oxygen atoms in total. The van der Waals surface area contributed by atoms with E-state index in [4.69, 9.17) is 13.3 Å². The highest BCUT2D eigenvalue weighted by molar-refractivity contribution is 6.28. The van der Waals surface area contributed by atoms with Gasteiger partial charge in [0.2, 0.25) is 0 Å². The maximum atomic E-state index is 7.07. The van der Waals surface area contributed by atoms with Crippen LogP contribution in [0, 0.1) is 0 Å². The van der Waals surface area contributed by atoms with Crippen LogP contribution in [-0.4, -0.2) is 0 Å². The molecule has 0 saturated carbocycles. The first kappa shape index (κ1) is 61.0. The molecule has 0 aliphatic carbocycles. The van der Waals surface area contributed by atoms with Crippen LogP contribution in [0.1, 0.15) is 0 Å². The van der Waals surface area contributed by atoms with Crippen molar-refractivity contribution in [2.24, 2.45) is 0 Å². The Balaban J connectivity index is 0.749. The third-order valence-electron chi connectivity index (χ3n) is 23.2. The first-order chi connectivity index (χ1) is 54.1. The Kier molecular flexibility index (Phi) is 13.5. The van der Waals surface area contributed by atoms with Gasteiger partial charge in [0, 0.05) is 49.0 Å². The highest BCUT2D eigenvalue weighted by atomic mass is 16.3. The smallest absolute Gasteiger partial charge is 0.143 e. The van der Waals surface area contributed by atoms with Gasteiger partial charge in [-0.2, -0.15) is 0 Å². The Morgan fingerprint density at radius 3 is 1.05 bits per heavy atom. The molecule has 0 bridgehead atoms. The Hall–Kier alpha value is -14.4. The van der Waals surface area contributed by atoms with Crippen LogP contribution in [0.25, 0.3) is 241 Å². The van der Waals surface area contributed by atoms with E-state index < -0.39 is 0 Å². The van der Waals surface area contributed by atoms with Gasteiger partial charge in [-0.1, -0.05) is 309 Å². The lowest BCUT2D eigenvalue weighted by Gasteiger charge is -2.21. The molecule has 504 valence electrons. The largest absolute Gasteiger partial charge is 0.456 e. The molecule has 0 atom stereocenters. The van der Waals surface area contributed by atoms with Gasteiger partial charge in [0.15, 0.2) is 0 Å². The molecule has 23 aromatic rings. The predicted molar refractivity (Wildman–Crippen MR) is 460 cm³/mol. The summed E-state index contributed by atoms with van der Waals surface area (Å²) in [5, 5.41) is 23.1. The molecule has 23 rings (SSSR count). The van der Waals surface area contributed by atoms with Crippen LogP contribution in [0.15, 0.2) is 389 Å². The van der Waals surface area contributed by atoms with Crippen LogP contribution in [0.4, 0.5) is 0 Å². The topological polar surface area (TPSA) is 39.4 Å². The number of benzene rings is 20. The molecule has 0 amide bonds. The second-order valence-electron chi connectivity index (χ2n) is 29.1. The minimum Gasteiger partial charge on any atom is -0.456 e. The summed E-state index contributed by atoms with van der Waals surface area (Å²) in [5.41, 5.74) is 25.7. The highest BCUT2D eigenvalue weighted by Crippen LogP contribution is 2.53. The SMILES string of the molecule is c1ccc(-c2c3ccc(-c4ccc5c(-c6cccc7c6oc6ccccc67)c6ccccc6c(-c6ccccc6)c5c4)cc3c(-c3ccc4oc5ccccc5c4c3)c3ccc(-c4cc(-c5cccc(-c6c7ccccc7c(-c7cccc8ccccc78)c7ccccc67)c5)c5oc6ccccc6c5c4)cc23)cc1. The molecule has 0 fully saturated rings. The number of para-hydroxylation sites is 4. The molecule has 0 radical (unpaired) electrons. The molecule has 0 aliphatic rings. The van der Waals surface area contributed by atoms with Crippen molar-refractivity contribution in [2.75, 3.05) is 0 Å². The van der Waals surface area contributed by atoms with Crippen LogP contribution in [0.2, 0.25) is 0 Å². The Morgan fingerprint density at radius 2 is 0.459 bits per heavy atom. The van der Waals surface area contributed by atoms with Crippen LogP contribution in [-0.2, 0) is 0 Å². The molecule has 109 heavy (non-hydrogen) atoms. The van der Waals surface area contributed by atoms with Gasteiger partial charge in [-0.15, -0.1) is 0 Å². The van der Waals surface area contributed by atoms with E-state index in [1.807, 2.05) is 0 Å². The monoisotopic (exact) mass is 1380 g/mol. The molecule has 0 spiro atoms. The first-order valence-electron chi connectivity index (χ1n) is 37.5. The highest BCUT2D eigenvalue weighted by Gasteiger charge is 2.26. The van der Waals surface area contributed by atoms with E-state index in [0.717, 1.165) is 165 Å². The zero-order chi connectivity index (χ0) is 71.4. The van der Waals surface area contributed by atoms with Crippen molar-refractivity contribution in [1.29, 1.82) is 0 Å². The van der Waals surface area contributed by atoms with Gasteiger partial charge in [-0.05, 0) is 226 Å². The summed E-state index contributed by atoms with van der Waals surface area (Å²) >= 11 is 0. The molecule has 0 aliphatic heterocycles. The Labute approximate surface area is 626 Å². The van der Waals surface area contributed by atoms with Gasteiger partial charge in [-0.3, -0.25) is 0 Å². The molecule has 3 aromatic heterocycles. The third kappa shape index (κ3) is 9.43.